The maximum atomic E-state index is 12.7. The van der Waals surface area contributed by atoms with Crippen molar-refractivity contribution in [2.45, 2.75) is 10.4 Å². The van der Waals surface area contributed by atoms with Gasteiger partial charge in [-0.15, -0.1) is 11.3 Å². The fourth-order valence-corrected chi connectivity index (χ4v) is 7.10. The number of fused-ring (bicyclic) bond motifs is 1. The number of nitrogens with zero attached hydrogens (tertiary/aromatic N) is 2. The van der Waals surface area contributed by atoms with E-state index < -0.39 is 30.7 Å². The maximum Gasteiger partial charge on any atom is 0.360 e. The third-order valence-electron chi connectivity index (χ3n) is 4.65. The lowest BCUT2D eigenvalue weighted by Gasteiger charge is -2.21. The van der Waals surface area contributed by atoms with Gasteiger partial charge in [0.1, 0.15) is 10.6 Å². The maximum absolute atomic E-state index is 12.7. The monoisotopic (exact) mass is 556 g/mol. The summed E-state index contributed by atoms with van der Waals surface area (Å²) in [6.45, 7) is 0. The number of nitrogens with one attached hydrogen (secondary N) is 2. The third-order valence-corrected chi connectivity index (χ3v) is 10.2. The van der Waals surface area contributed by atoms with Crippen molar-refractivity contribution in [2.24, 2.45) is 0 Å². The van der Waals surface area contributed by atoms with Crippen LogP contribution in [0.1, 0.15) is 0 Å². The highest BCUT2D eigenvalue weighted by atomic mass is 32.2. The minimum atomic E-state index is -5.28. The van der Waals surface area contributed by atoms with Crippen molar-refractivity contribution in [3.63, 3.8) is 0 Å². The fraction of sp³-hybridized carbons (Fsp3) is 0.0526. The van der Waals surface area contributed by atoms with E-state index in [1.807, 2.05) is 0 Å². The number of thiophene rings is 1. The van der Waals surface area contributed by atoms with E-state index in [0.717, 1.165) is 0 Å². The molecule has 0 aliphatic rings. The summed E-state index contributed by atoms with van der Waals surface area (Å²) in [6, 6.07) is 15.4. The number of benzene rings is 2. The second kappa shape index (κ2) is 9.41. The number of anilines is 2. The number of rotatable bonds is 8. The number of aromatic nitrogens is 2. The second-order valence-electron chi connectivity index (χ2n) is 7.23. The minimum Gasteiger partial charge on any atom is -0.346 e. The predicted molar refractivity (Wildman–Crippen MR) is 132 cm³/mol. The summed E-state index contributed by atoms with van der Waals surface area (Å²) in [5, 5.41) is 4.12. The van der Waals surface area contributed by atoms with Crippen LogP contribution >= 0.6 is 26.5 Å². The van der Waals surface area contributed by atoms with E-state index in [1.54, 1.807) is 35.7 Å². The highest BCUT2D eigenvalue weighted by Crippen LogP contribution is 2.59. The molecule has 2 heterocycles. The molecule has 16 heteroatoms. The normalized spacial score (nSPS) is 12.7. The molecule has 0 saturated heterocycles. The minimum absolute atomic E-state index is 0.0402. The van der Waals surface area contributed by atoms with E-state index in [4.69, 9.17) is 0 Å². The Labute approximate surface area is 203 Å². The van der Waals surface area contributed by atoms with Gasteiger partial charge in [-0.1, -0.05) is 30.3 Å². The van der Waals surface area contributed by atoms with Gasteiger partial charge in [0.2, 0.25) is 5.52 Å². The van der Waals surface area contributed by atoms with Crippen molar-refractivity contribution < 1.29 is 37.1 Å². The first-order chi connectivity index (χ1) is 16.3. The molecule has 2 aromatic carbocycles. The Kier molecular flexibility index (Phi) is 6.84. The molecule has 4 aromatic rings. The molecule has 0 unspecified atom stereocenters. The summed E-state index contributed by atoms with van der Waals surface area (Å²) < 4.78 is 51.2. The van der Waals surface area contributed by atoms with Crippen LogP contribution in [0.3, 0.4) is 0 Å². The van der Waals surface area contributed by atoms with Crippen molar-refractivity contribution in [1.29, 1.82) is 0 Å². The zero-order valence-corrected chi connectivity index (χ0v) is 20.9. The Balaban J connectivity index is 1.74. The Morgan fingerprint density at radius 3 is 2.23 bits per heavy atom. The standard InChI is InChI=1S/C19H18N4O8P2S2/c24-32(25,26)19(33(27,28)29)22-17-15-9-10-34-18(15)21-16(20-17)12-5-4-6-13(11-12)23-35(30,31)14-7-2-1-3-8-14/h1-11,19,23H,(H,20,21,22)(H2,24,25,26)(H2,27,28,29). The Morgan fingerprint density at radius 2 is 1.57 bits per heavy atom. The van der Waals surface area contributed by atoms with Crippen LogP contribution in [-0.2, 0) is 19.2 Å². The Bertz CT molecular complexity index is 1560. The molecule has 4 rings (SSSR count). The highest BCUT2D eigenvalue weighted by Gasteiger charge is 2.44. The molecule has 0 fully saturated rings. The molecule has 0 amide bonds. The molecule has 2 aromatic heterocycles. The van der Waals surface area contributed by atoms with Gasteiger partial charge in [-0.3, -0.25) is 13.9 Å². The van der Waals surface area contributed by atoms with Gasteiger partial charge in [0, 0.05) is 11.3 Å². The van der Waals surface area contributed by atoms with Crippen molar-refractivity contribution in [3.05, 3.63) is 66.0 Å². The summed E-state index contributed by atoms with van der Waals surface area (Å²) in [7, 11) is -14.4. The van der Waals surface area contributed by atoms with Crippen LogP contribution in [0.4, 0.5) is 11.5 Å². The van der Waals surface area contributed by atoms with Gasteiger partial charge in [0.15, 0.2) is 5.82 Å². The average Bonchev–Trinajstić information content (AvgIpc) is 3.25. The Hall–Kier alpha value is -2.67. The van der Waals surface area contributed by atoms with Gasteiger partial charge < -0.3 is 24.9 Å². The SMILES string of the molecule is O=P(O)(O)C(Nc1nc(-c2cccc(NS(=O)(=O)c3ccccc3)c2)nc2sccc12)P(=O)(O)O. The van der Waals surface area contributed by atoms with Crippen molar-refractivity contribution in [1.82, 2.24) is 9.97 Å². The van der Waals surface area contributed by atoms with Crippen molar-refractivity contribution in [3.8, 4) is 11.4 Å². The lowest BCUT2D eigenvalue weighted by atomic mass is 10.2. The van der Waals surface area contributed by atoms with Crippen LogP contribution in [0.25, 0.3) is 21.6 Å². The van der Waals surface area contributed by atoms with Crippen molar-refractivity contribution in [2.75, 3.05) is 10.0 Å². The molecule has 0 radical (unpaired) electrons. The largest absolute Gasteiger partial charge is 0.360 e. The lowest BCUT2D eigenvalue weighted by molar-refractivity contribution is 0.343. The summed E-state index contributed by atoms with van der Waals surface area (Å²) in [6.07, 6.45) is 0. The molecule has 6 N–H and O–H groups in total. The summed E-state index contributed by atoms with van der Waals surface area (Å²) in [4.78, 5) is 47.0. The highest BCUT2D eigenvalue weighted by molar-refractivity contribution is 7.92. The molecule has 0 atom stereocenters. The number of hydrogen-bond donors (Lipinski definition) is 6. The van der Waals surface area contributed by atoms with Crippen LogP contribution in [0.15, 0.2) is 70.9 Å². The van der Waals surface area contributed by atoms with E-state index >= 15 is 0 Å². The van der Waals surface area contributed by atoms with E-state index in [0.29, 0.717) is 15.8 Å². The molecule has 35 heavy (non-hydrogen) atoms. The van der Waals surface area contributed by atoms with E-state index in [9.17, 15) is 37.1 Å². The summed E-state index contributed by atoms with van der Waals surface area (Å²) in [5.41, 5.74) is -1.95. The lowest BCUT2D eigenvalue weighted by Crippen LogP contribution is -2.21. The predicted octanol–water partition coefficient (Wildman–Crippen LogP) is 3.21. The molecule has 0 saturated carbocycles. The molecule has 0 aliphatic carbocycles. The first kappa shape index (κ1) is 25.4. The van der Waals surface area contributed by atoms with Crippen molar-refractivity contribution >= 4 is 58.3 Å². The summed E-state index contributed by atoms with van der Waals surface area (Å²) in [5.74, 6) is -0.156. The van der Waals surface area contributed by atoms with Gasteiger partial charge in [-0.2, -0.15) is 0 Å². The first-order valence-electron chi connectivity index (χ1n) is 9.65. The van der Waals surface area contributed by atoms with Gasteiger partial charge in [0.25, 0.3) is 10.0 Å². The summed E-state index contributed by atoms with van der Waals surface area (Å²) >= 11 is 1.17. The first-order valence-corrected chi connectivity index (χ1v) is 15.4. The van der Waals surface area contributed by atoms with E-state index in [1.165, 1.54) is 41.7 Å². The zero-order chi connectivity index (χ0) is 25.4. The van der Waals surface area contributed by atoms with E-state index in [-0.39, 0.29) is 22.2 Å². The molecule has 184 valence electrons. The molecule has 0 bridgehead atoms. The van der Waals surface area contributed by atoms with Gasteiger partial charge in [-0.25, -0.2) is 18.4 Å². The molecule has 12 nitrogen and oxygen atoms in total. The van der Waals surface area contributed by atoms with Gasteiger partial charge in [0.05, 0.1) is 10.3 Å². The van der Waals surface area contributed by atoms with Crippen LogP contribution in [-0.4, -0.2) is 43.5 Å². The third kappa shape index (κ3) is 5.77. The molecular formula is C19H18N4O8P2S2. The van der Waals surface area contributed by atoms with Gasteiger partial charge in [-0.05, 0) is 35.7 Å². The average molecular weight is 556 g/mol. The fourth-order valence-electron chi connectivity index (χ4n) is 3.12. The van der Waals surface area contributed by atoms with Crippen LogP contribution < -0.4 is 10.0 Å². The topological polar surface area (TPSA) is 199 Å². The van der Waals surface area contributed by atoms with Gasteiger partial charge >= 0.3 is 15.2 Å². The second-order valence-corrected chi connectivity index (χ2v) is 13.6. The molecule has 0 aliphatic heterocycles. The van der Waals surface area contributed by atoms with Crippen LogP contribution in [0.5, 0.6) is 0 Å². The number of hydrogen-bond acceptors (Lipinski definition) is 8. The van der Waals surface area contributed by atoms with Crippen LogP contribution in [0, 0.1) is 0 Å². The van der Waals surface area contributed by atoms with Crippen LogP contribution in [0.2, 0.25) is 0 Å². The molecule has 0 spiro atoms. The Morgan fingerprint density at radius 1 is 0.886 bits per heavy atom. The van der Waals surface area contributed by atoms with E-state index in [2.05, 4.69) is 20.0 Å². The molecular weight excluding hydrogens is 538 g/mol. The number of sulfonamides is 1. The quantitative estimate of drug-likeness (QED) is 0.174. The smallest absolute Gasteiger partial charge is 0.346 e. The zero-order valence-electron chi connectivity index (χ0n) is 17.5.